The summed E-state index contributed by atoms with van der Waals surface area (Å²) in [5.41, 5.74) is 9.16. The highest BCUT2D eigenvalue weighted by atomic mass is 35.5. The van der Waals surface area contributed by atoms with Crippen LogP contribution in [0.4, 0.5) is 0 Å². The van der Waals surface area contributed by atoms with Gasteiger partial charge in [-0.15, -0.1) is 0 Å². The second-order valence-corrected chi connectivity index (χ2v) is 5.74. The SMILES string of the molecule is NC(=O)C(C(N)=O)(c1cc(Cl)cc(Cl)c1)N1CCOC(O)C1. The molecule has 1 atom stereocenters. The number of carbonyl (C=O) groups excluding carboxylic acids is 2. The number of amides is 2. The van der Waals surface area contributed by atoms with Crippen molar-refractivity contribution < 1.29 is 19.4 Å². The predicted octanol–water partition coefficient (Wildman–Crippen LogP) is -0.190. The van der Waals surface area contributed by atoms with Crippen molar-refractivity contribution >= 4 is 35.0 Å². The van der Waals surface area contributed by atoms with Crippen molar-refractivity contribution in [2.75, 3.05) is 19.7 Å². The van der Waals surface area contributed by atoms with E-state index in [-0.39, 0.29) is 35.3 Å². The molecular formula is C13H15Cl2N3O4. The van der Waals surface area contributed by atoms with Crippen LogP contribution < -0.4 is 11.5 Å². The van der Waals surface area contributed by atoms with Gasteiger partial charge in [-0.25, -0.2) is 0 Å². The third-order valence-corrected chi connectivity index (χ3v) is 3.95. The molecule has 0 radical (unpaired) electrons. The van der Waals surface area contributed by atoms with Gasteiger partial charge >= 0.3 is 0 Å². The Morgan fingerprint density at radius 1 is 1.23 bits per heavy atom. The van der Waals surface area contributed by atoms with Gasteiger partial charge in [-0.2, -0.15) is 0 Å². The first-order valence-corrected chi connectivity index (χ1v) is 7.15. The van der Waals surface area contributed by atoms with Crippen molar-refractivity contribution in [3.8, 4) is 0 Å². The predicted molar refractivity (Wildman–Crippen MR) is 80.1 cm³/mol. The number of carbonyl (C=O) groups is 2. The number of β-amino-alcohol motifs (C(OH)–C–C–N with tert-alkyl or cyclic N) is 1. The van der Waals surface area contributed by atoms with Crippen LogP contribution in [0.2, 0.25) is 10.0 Å². The minimum atomic E-state index is -1.97. The third kappa shape index (κ3) is 2.90. The Labute approximate surface area is 136 Å². The molecule has 0 aromatic heterocycles. The number of hydrogen-bond acceptors (Lipinski definition) is 5. The van der Waals surface area contributed by atoms with E-state index in [9.17, 15) is 14.7 Å². The number of nitrogens with zero attached hydrogens (tertiary/aromatic N) is 1. The summed E-state index contributed by atoms with van der Waals surface area (Å²) in [6.45, 7) is 0.168. The standard InChI is InChI=1S/C13H15Cl2N3O4/c14-8-3-7(4-9(15)5-8)13(11(16)20,12(17)21)18-1-2-22-10(19)6-18/h3-5,10,19H,1-2,6H2,(H2,16,20)(H2,17,21). The smallest absolute Gasteiger partial charge is 0.252 e. The fourth-order valence-electron chi connectivity index (χ4n) is 2.60. The quantitative estimate of drug-likeness (QED) is 0.652. The average Bonchev–Trinajstić information content (AvgIpc) is 2.37. The molecule has 1 saturated heterocycles. The zero-order valence-corrected chi connectivity index (χ0v) is 13.0. The maximum Gasteiger partial charge on any atom is 0.252 e. The van der Waals surface area contributed by atoms with Crippen LogP contribution in [-0.2, 0) is 19.9 Å². The maximum absolute atomic E-state index is 12.2. The Hall–Kier alpha value is -1.38. The van der Waals surface area contributed by atoms with Crippen LogP contribution in [0.5, 0.6) is 0 Å². The average molecular weight is 348 g/mol. The number of morpholine rings is 1. The first kappa shape index (κ1) is 17.0. The molecule has 0 bridgehead atoms. The molecule has 120 valence electrons. The van der Waals surface area contributed by atoms with Gasteiger partial charge in [0.15, 0.2) is 6.29 Å². The molecular weight excluding hydrogens is 333 g/mol. The Balaban J connectivity index is 2.63. The molecule has 1 unspecified atom stereocenters. The first-order valence-electron chi connectivity index (χ1n) is 6.39. The van der Waals surface area contributed by atoms with Gasteiger partial charge in [-0.05, 0) is 23.8 Å². The molecule has 7 nitrogen and oxygen atoms in total. The zero-order valence-electron chi connectivity index (χ0n) is 11.5. The Morgan fingerprint density at radius 2 is 1.77 bits per heavy atom. The van der Waals surface area contributed by atoms with Crippen molar-refractivity contribution in [1.82, 2.24) is 4.90 Å². The molecule has 22 heavy (non-hydrogen) atoms. The van der Waals surface area contributed by atoms with E-state index in [0.29, 0.717) is 0 Å². The summed E-state index contributed by atoms with van der Waals surface area (Å²) in [7, 11) is 0. The van der Waals surface area contributed by atoms with Crippen LogP contribution >= 0.6 is 23.2 Å². The lowest BCUT2D eigenvalue weighted by atomic mass is 9.85. The molecule has 1 aromatic rings. The largest absolute Gasteiger partial charge is 0.367 e. The van der Waals surface area contributed by atoms with Crippen molar-refractivity contribution in [3.63, 3.8) is 0 Å². The van der Waals surface area contributed by atoms with E-state index < -0.39 is 23.6 Å². The second-order valence-electron chi connectivity index (χ2n) is 4.87. The summed E-state index contributed by atoms with van der Waals surface area (Å²) in [4.78, 5) is 25.7. The number of rotatable bonds is 4. The van der Waals surface area contributed by atoms with E-state index in [2.05, 4.69) is 0 Å². The van der Waals surface area contributed by atoms with Gasteiger partial charge in [0.2, 0.25) is 5.54 Å². The fourth-order valence-corrected chi connectivity index (χ4v) is 3.13. The van der Waals surface area contributed by atoms with Crippen LogP contribution in [-0.4, -0.2) is 47.8 Å². The molecule has 0 saturated carbocycles. The Morgan fingerprint density at radius 3 is 2.23 bits per heavy atom. The number of ether oxygens (including phenoxy) is 1. The molecule has 1 heterocycles. The van der Waals surface area contributed by atoms with Crippen molar-refractivity contribution in [1.29, 1.82) is 0 Å². The lowest BCUT2D eigenvalue weighted by Crippen LogP contribution is -2.65. The molecule has 2 rings (SSSR count). The lowest BCUT2D eigenvalue weighted by Gasteiger charge is -2.42. The highest BCUT2D eigenvalue weighted by molar-refractivity contribution is 6.34. The van der Waals surface area contributed by atoms with Crippen LogP contribution in [0, 0.1) is 0 Å². The van der Waals surface area contributed by atoms with Gasteiger partial charge in [-0.1, -0.05) is 23.2 Å². The first-order chi connectivity index (χ1) is 10.3. The summed E-state index contributed by atoms with van der Waals surface area (Å²) in [5.74, 6) is -1.96. The van der Waals surface area contributed by atoms with Gasteiger partial charge in [0.25, 0.3) is 11.8 Å². The van der Waals surface area contributed by atoms with Crippen LogP contribution in [0.3, 0.4) is 0 Å². The summed E-state index contributed by atoms with van der Waals surface area (Å²) in [6, 6.07) is 4.24. The number of benzene rings is 1. The summed E-state index contributed by atoms with van der Waals surface area (Å²) in [6.07, 6.45) is -1.17. The second kappa shape index (κ2) is 6.39. The van der Waals surface area contributed by atoms with E-state index in [1.165, 1.54) is 23.1 Å². The van der Waals surface area contributed by atoms with Crippen LogP contribution in [0.1, 0.15) is 5.56 Å². The molecule has 9 heteroatoms. The molecule has 0 spiro atoms. The molecule has 1 aliphatic heterocycles. The van der Waals surface area contributed by atoms with Crippen LogP contribution in [0.15, 0.2) is 18.2 Å². The van der Waals surface area contributed by atoms with Crippen molar-refractivity contribution in [2.24, 2.45) is 11.5 Å². The van der Waals surface area contributed by atoms with E-state index in [0.717, 1.165) is 0 Å². The molecule has 2 amide bonds. The summed E-state index contributed by atoms with van der Waals surface area (Å²) >= 11 is 11.9. The van der Waals surface area contributed by atoms with Gasteiger partial charge < -0.3 is 21.3 Å². The van der Waals surface area contributed by atoms with Gasteiger partial charge in [-0.3, -0.25) is 14.5 Å². The topological polar surface area (TPSA) is 119 Å². The number of halogens is 2. The molecule has 5 N–H and O–H groups in total. The summed E-state index contributed by atoms with van der Waals surface area (Å²) < 4.78 is 5.00. The molecule has 1 aromatic carbocycles. The van der Waals surface area contributed by atoms with Gasteiger partial charge in [0, 0.05) is 16.6 Å². The Kier molecular flexibility index (Phi) is 4.93. The minimum absolute atomic E-state index is 0.109. The molecule has 0 aliphatic carbocycles. The van der Waals surface area contributed by atoms with Crippen molar-refractivity contribution in [3.05, 3.63) is 33.8 Å². The third-order valence-electron chi connectivity index (χ3n) is 3.52. The number of hydrogen-bond donors (Lipinski definition) is 3. The molecule has 1 aliphatic rings. The number of primary amides is 2. The summed E-state index contributed by atoms with van der Waals surface area (Å²) in [5, 5.41) is 10.1. The van der Waals surface area contributed by atoms with E-state index in [1.54, 1.807) is 0 Å². The highest BCUT2D eigenvalue weighted by Gasteiger charge is 2.51. The maximum atomic E-state index is 12.2. The normalized spacial score (nSPS) is 19.9. The lowest BCUT2D eigenvalue weighted by molar-refractivity contribution is -0.175. The van der Waals surface area contributed by atoms with Crippen molar-refractivity contribution in [2.45, 2.75) is 11.8 Å². The van der Waals surface area contributed by atoms with E-state index in [1.807, 2.05) is 0 Å². The number of aliphatic hydroxyl groups is 1. The van der Waals surface area contributed by atoms with Gasteiger partial charge in [0.05, 0.1) is 13.2 Å². The minimum Gasteiger partial charge on any atom is -0.367 e. The number of aliphatic hydroxyl groups excluding tert-OH is 1. The monoisotopic (exact) mass is 347 g/mol. The fraction of sp³-hybridized carbons (Fsp3) is 0.385. The number of nitrogens with two attached hydrogens (primary N) is 2. The van der Waals surface area contributed by atoms with Crippen LogP contribution in [0.25, 0.3) is 0 Å². The molecule has 1 fully saturated rings. The van der Waals surface area contributed by atoms with E-state index in [4.69, 9.17) is 39.4 Å². The zero-order chi connectivity index (χ0) is 16.5. The van der Waals surface area contributed by atoms with Gasteiger partial charge in [0.1, 0.15) is 0 Å². The Bertz CT molecular complexity index is 577. The van der Waals surface area contributed by atoms with E-state index >= 15 is 0 Å². The highest BCUT2D eigenvalue weighted by Crippen LogP contribution is 2.33.